The summed E-state index contributed by atoms with van der Waals surface area (Å²) in [5.41, 5.74) is 5.81. The minimum atomic E-state index is -0.114. The lowest BCUT2D eigenvalue weighted by Gasteiger charge is -2.17. The van der Waals surface area contributed by atoms with Gasteiger partial charge in [0.15, 0.2) is 6.61 Å². The van der Waals surface area contributed by atoms with E-state index in [9.17, 15) is 4.79 Å². The molecule has 2 aromatic carbocycles. The van der Waals surface area contributed by atoms with E-state index in [4.69, 9.17) is 4.74 Å². The van der Waals surface area contributed by atoms with E-state index < -0.39 is 0 Å². The number of hydrogen-bond acceptors (Lipinski definition) is 2. The minimum Gasteiger partial charge on any atom is -0.484 e. The van der Waals surface area contributed by atoms with Gasteiger partial charge in [-0.05, 0) is 69.0 Å². The summed E-state index contributed by atoms with van der Waals surface area (Å²) in [5.74, 6) is 0.619. The summed E-state index contributed by atoms with van der Waals surface area (Å²) in [6.45, 7) is 10.2. The van der Waals surface area contributed by atoms with Gasteiger partial charge in [0.2, 0.25) is 0 Å². The molecule has 0 unspecified atom stereocenters. The first kappa shape index (κ1) is 17.1. The number of benzene rings is 2. The monoisotopic (exact) mass is 311 g/mol. The molecule has 0 spiro atoms. The Balaban J connectivity index is 1.93. The average Bonchev–Trinajstić information content (AvgIpc) is 2.44. The average molecular weight is 311 g/mol. The normalized spacial score (nSPS) is 11.9. The third-order valence-corrected chi connectivity index (χ3v) is 3.83. The Hall–Kier alpha value is -2.29. The molecule has 0 fully saturated rings. The van der Waals surface area contributed by atoms with Crippen molar-refractivity contribution in [3.8, 4) is 5.75 Å². The van der Waals surface area contributed by atoms with Crippen LogP contribution in [-0.4, -0.2) is 12.5 Å². The number of carbonyl (C=O) groups is 1. The van der Waals surface area contributed by atoms with E-state index in [1.165, 1.54) is 11.1 Å². The van der Waals surface area contributed by atoms with Crippen molar-refractivity contribution in [2.45, 2.75) is 40.7 Å². The Labute approximate surface area is 138 Å². The summed E-state index contributed by atoms with van der Waals surface area (Å²) in [5, 5.41) is 2.99. The van der Waals surface area contributed by atoms with E-state index in [0.29, 0.717) is 0 Å². The van der Waals surface area contributed by atoms with E-state index in [0.717, 1.165) is 22.4 Å². The van der Waals surface area contributed by atoms with Crippen LogP contribution in [0.15, 0.2) is 36.4 Å². The summed E-state index contributed by atoms with van der Waals surface area (Å²) >= 11 is 0. The zero-order valence-electron chi connectivity index (χ0n) is 14.6. The van der Waals surface area contributed by atoms with E-state index >= 15 is 0 Å². The second kappa shape index (κ2) is 7.32. The number of rotatable bonds is 5. The summed E-state index contributed by atoms with van der Waals surface area (Å²) < 4.78 is 5.60. The van der Waals surface area contributed by atoms with Gasteiger partial charge in [0.1, 0.15) is 5.75 Å². The molecule has 0 bridgehead atoms. The maximum atomic E-state index is 12.1. The highest BCUT2D eigenvalue weighted by molar-refractivity contribution is 5.78. The molecule has 3 nitrogen and oxygen atoms in total. The van der Waals surface area contributed by atoms with Gasteiger partial charge in [0.05, 0.1) is 6.04 Å². The molecule has 0 radical (unpaired) electrons. The van der Waals surface area contributed by atoms with E-state index in [1.54, 1.807) is 0 Å². The molecule has 0 aliphatic carbocycles. The van der Waals surface area contributed by atoms with Crippen LogP contribution >= 0.6 is 0 Å². The zero-order valence-corrected chi connectivity index (χ0v) is 14.6. The molecular formula is C20H25NO2. The van der Waals surface area contributed by atoms with Crippen molar-refractivity contribution in [1.29, 1.82) is 0 Å². The largest absolute Gasteiger partial charge is 0.484 e. The van der Waals surface area contributed by atoms with Crippen LogP contribution < -0.4 is 10.1 Å². The van der Waals surface area contributed by atoms with Gasteiger partial charge in [-0.3, -0.25) is 4.79 Å². The van der Waals surface area contributed by atoms with Gasteiger partial charge < -0.3 is 10.1 Å². The van der Waals surface area contributed by atoms with E-state index in [1.807, 2.05) is 32.9 Å². The van der Waals surface area contributed by atoms with Crippen molar-refractivity contribution in [2.24, 2.45) is 0 Å². The van der Waals surface area contributed by atoms with Crippen LogP contribution in [0, 0.1) is 27.7 Å². The molecule has 0 saturated carbocycles. The lowest BCUT2D eigenvalue weighted by atomic mass is 10.0. The van der Waals surface area contributed by atoms with Crippen LogP contribution in [0.1, 0.15) is 40.8 Å². The Bertz CT molecular complexity index is 687. The lowest BCUT2D eigenvalue weighted by molar-refractivity contribution is -0.123. The van der Waals surface area contributed by atoms with Gasteiger partial charge >= 0.3 is 0 Å². The highest BCUT2D eigenvalue weighted by atomic mass is 16.5. The quantitative estimate of drug-likeness (QED) is 0.899. The SMILES string of the molecule is Cc1cc(C)cc(OCC(=O)N[C@@H](C)c2ccc(C)cc2C)c1. The highest BCUT2D eigenvalue weighted by Gasteiger charge is 2.12. The first-order chi connectivity index (χ1) is 10.8. The second-order valence-corrected chi connectivity index (χ2v) is 6.26. The molecule has 23 heavy (non-hydrogen) atoms. The fourth-order valence-corrected chi connectivity index (χ4v) is 2.84. The predicted molar refractivity (Wildman–Crippen MR) is 93.9 cm³/mol. The summed E-state index contributed by atoms with van der Waals surface area (Å²) in [6.07, 6.45) is 0. The first-order valence-corrected chi connectivity index (χ1v) is 7.93. The Morgan fingerprint density at radius 2 is 1.65 bits per heavy atom. The molecule has 0 heterocycles. The van der Waals surface area contributed by atoms with Crippen LogP contribution in [-0.2, 0) is 4.79 Å². The Morgan fingerprint density at radius 1 is 1.00 bits per heavy atom. The topological polar surface area (TPSA) is 38.3 Å². The van der Waals surface area contributed by atoms with E-state index in [2.05, 4.69) is 43.4 Å². The van der Waals surface area contributed by atoms with Crippen molar-refractivity contribution in [3.63, 3.8) is 0 Å². The van der Waals surface area contributed by atoms with Crippen molar-refractivity contribution in [3.05, 3.63) is 64.2 Å². The fraction of sp³-hybridized carbons (Fsp3) is 0.350. The second-order valence-electron chi connectivity index (χ2n) is 6.26. The number of aryl methyl sites for hydroxylation is 4. The number of hydrogen-bond donors (Lipinski definition) is 1. The molecular weight excluding hydrogens is 286 g/mol. The summed E-state index contributed by atoms with van der Waals surface area (Å²) in [7, 11) is 0. The number of amides is 1. The Morgan fingerprint density at radius 3 is 2.26 bits per heavy atom. The van der Waals surface area contributed by atoms with Crippen molar-refractivity contribution >= 4 is 5.91 Å². The van der Waals surface area contributed by atoms with Gasteiger partial charge in [-0.25, -0.2) is 0 Å². The third-order valence-electron chi connectivity index (χ3n) is 3.83. The zero-order chi connectivity index (χ0) is 17.0. The third kappa shape index (κ3) is 4.85. The highest BCUT2D eigenvalue weighted by Crippen LogP contribution is 2.19. The molecule has 0 aliphatic rings. The van der Waals surface area contributed by atoms with Gasteiger partial charge in [-0.15, -0.1) is 0 Å². The maximum Gasteiger partial charge on any atom is 0.258 e. The molecule has 1 atom stereocenters. The van der Waals surface area contributed by atoms with Crippen LogP contribution in [0.2, 0.25) is 0 Å². The minimum absolute atomic E-state index is 0.0259. The Kier molecular flexibility index (Phi) is 5.43. The predicted octanol–water partition coefficient (Wildman–Crippen LogP) is 4.18. The van der Waals surface area contributed by atoms with Crippen LogP contribution in [0.3, 0.4) is 0 Å². The van der Waals surface area contributed by atoms with Crippen molar-refractivity contribution in [1.82, 2.24) is 5.32 Å². The molecule has 1 N–H and O–H groups in total. The van der Waals surface area contributed by atoms with Gasteiger partial charge in [-0.1, -0.05) is 29.8 Å². The molecule has 2 aromatic rings. The lowest BCUT2D eigenvalue weighted by Crippen LogP contribution is -2.31. The number of ether oxygens (including phenoxy) is 1. The molecule has 122 valence electrons. The molecule has 3 heteroatoms. The number of carbonyl (C=O) groups excluding carboxylic acids is 1. The van der Waals surface area contributed by atoms with E-state index in [-0.39, 0.29) is 18.6 Å². The van der Waals surface area contributed by atoms with Gasteiger partial charge in [0.25, 0.3) is 5.91 Å². The van der Waals surface area contributed by atoms with Crippen LogP contribution in [0.25, 0.3) is 0 Å². The molecule has 0 aromatic heterocycles. The molecule has 2 rings (SSSR count). The maximum absolute atomic E-state index is 12.1. The molecule has 1 amide bonds. The standard InChI is InChI=1S/C20H25NO2/c1-13-6-7-19(16(4)9-13)17(5)21-20(22)12-23-18-10-14(2)8-15(3)11-18/h6-11,17H,12H2,1-5H3,(H,21,22)/t17-/m0/s1. The smallest absolute Gasteiger partial charge is 0.258 e. The van der Waals surface area contributed by atoms with Gasteiger partial charge in [0, 0.05) is 0 Å². The van der Waals surface area contributed by atoms with Crippen LogP contribution in [0.5, 0.6) is 5.75 Å². The van der Waals surface area contributed by atoms with Crippen LogP contribution in [0.4, 0.5) is 0 Å². The van der Waals surface area contributed by atoms with Crippen molar-refractivity contribution < 1.29 is 9.53 Å². The van der Waals surface area contributed by atoms with Crippen molar-refractivity contribution in [2.75, 3.05) is 6.61 Å². The van der Waals surface area contributed by atoms with Gasteiger partial charge in [-0.2, -0.15) is 0 Å². The summed E-state index contributed by atoms with van der Waals surface area (Å²) in [4.78, 5) is 12.1. The summed E-state index contributed by atoms with van der Waals surface area (Å²) in [6, 6.07) is 12.2. The fourth-order valence-electron chi connectivity index (χ4n) is 2.84. The molecule has 0 saturated heterocycles. The number of nitrogens with one attached hydrogen (secondary N) is 1. The molecule has 0 aliphatic heterocycles. The first-order valence-electron chi connectivity index (χ1n) is 7.93.